The topological polar surface area (TPSA) is 66.5 Å². The lowest BCUT2D eigenvalue weighted by molar-refractivity contribution is 0.606. The van der Waals surface area contributed by atoms with Crippen LogP contribution in [-0.4, -0.2) is 26.9 Å². The molecule has 1 unspecified atom stereocenters. The Hall–Kier alpha value is -1.27. The molecule has 1 atom stereocenters. The smallest absolute Gasteiger partial charge is 0.145 e. The van der Waals surface area contributed by atoms with Gasteiger partial charge in [0.15, 0.2) is 0 Å². The summed E-state index contributed by atoms with van der Waals surface area (Å²) >= 11 is 1.64. The Morgan fingerprint density at radius 3 is 3.07 bits per heavy atom. The lowest BCUT2D eigenvalue weighted by Crippen LogP contribution is -2.16. The van der Waals surface area contributed by atoms with Gasteiger partial charge in [-0.25, -0.2) is 4.98 Å². The highest BCUT2D eigenvalue weighted by molar-refractivity contribution is 7.15. The van der Waals surface area contributed by atoms with E-state index >= 15 is 0 Å². The lowest BCUT2D eigenvalue weighted by Gasteiger charge is -2.07. The molecule has 80 valence electrons. The molecule has 0 aliphatic carbocycles. The van der Waals surface area contributed by atoms with Crippen LogP contribution in [0.5, 0.6) is 0 Å². The van der Waals surface area contributed by atoms with Gasteiger partial charge in [0.25, 0.3) is 0 Å². The summed E-state index contributed by atoms with van der Waals surface area (Å²) in [4.78, 5) is 5.54. The molecule has 0 aliphatic rings. The van der Waals surface area contributed by atoms with Gasteiger partial charge in [-0.3, -0.25) is 0 Å². The molecule has 0 aromatic carbocycles. The first-order valence-electron chi connectivity index (χ1n) is 4.86. The van der Waals surface area contributed by atoms with Crippen molar-refractivity contribution in [2.45, 2.75) is 19.9 Å². The molecule has 0 spiro atoms. The van der Waals surface area contributed by atoms with Crippen molar-refractivity contribution in [3.63, 3.8) is 0 Å². The largest absolute Gasteiger partial charge is 0.310 e. The van der Waals surface area contributed by atoms with Crippen molar-refractivity contribution in [2.24, 2.45) is 0 Å². The molecular formula is C9H13N5S. The van der Waals surface area contributed by atoms with Gasteiger partial charge in [0.1, 0.15) is 10.7 Å². The van der Waals surface area contributed by atoms with Crippen LogP contribution in [0.25, 0.3) is 10.7 Å². The zero-order valence-corrected chi connectivity index (χ0v) is 9.51. The van der Waals surface area contributed by atoms with Gasteiger partial charge in [-0.2, -0.15) is 15.4 Å². The Labute approximate surface area is 91.9 Å². The van der Waals surface area contributed by atoms with Crippen molar-refractivity contribution in [1.82, 2.24) is 25.7 Å². The van der Waals surface area contributed by atoms with Crippen LogP contribution in [0, 0.1) is 0 Å². The van der Waals surface area contributed by atoms with E-state index in [1.54, 1.807) is 17.5 Å². The molecule has 2 heterocycles. The van der Waals surface area contributed by atoms with Crippen LogP contribution in [-0.2, 0) is 0 Å². The molecule has 0 amide bonds. The average molecular weight is 223 g/mol. The fourth-order valence-corrected chi connectivity index (χ4v) is 2.21. The number of hydrogen-bond acceptors (Lipinski definition) is 5. The molecule has 15 heavy (non-hydrogen) atoms. The number of aromatic nitrogens is 4. The Balaban J connectivity index is 2.17. The van der Waals surface area contributed by atoms with Gasteiger partial charge in [0.2, 0.25) is 0 Å². The van der Waals surface area contributed by atoms with E-state index in [0.717, 1.165) is 17.2 Å². The second-order valence-electron chi connectivity index (χ2n) is 3.20. The number of nitrogens with zero attached hydrogens (tertiary/aromatic N) is 3. The second kappa shape index (κ2) is 4.50. The minimum atomic E-state index is 0.341. The SMILES string of the molecule is CCNC(C)c1cnc(-c2cn[nH]n2)s1. The summed E-state index contributed by atoms with van der Waals surface area (Å²) in [6.45, 7) is 5.18. The number of rotatable bonds is 4. The van der Waals surface area contributed by atoms with Crippen molar-refractivity contribution in [2.75, 3.05) is 6.54 Å². The van der Waals surface area contributed by atoms with Crippen molar-refractivity contribution >= 4 is 11.3 Å². The van der Waals surface area contributed by atoms with Crippen molar-refractivity contribution in [1.29, 1.82) is 0 Å². The van der Waals surface area contributed by atoms with Crippen LogP contribution in [0.1, 0.15) is 24.8 Å². The summed E-state index contributed by atoms with van der Waals surface area (Å²) < 4.78 is 0. The molecule has 0 bridgehead atoms. The maximum atomic E-state index is 4.32. The fourth-order valence-electron chi connectivity index (χ4n) is 1.32. The summed E-state index contributed by atoms with van der Waals surface area (Å²) in [5.74, 6) is 0. The van der Waals surface area contributed by atoms with Crippen molar-refractivity contribution in [3.8, 4) is 10.7 Å². The molecule has 0 saturated carbocycles. The maximum Gasteiger partial charge on any atom is 0.145 e. The van der Waals surface area contributed by atoms with E-state index in [1.807, 2.05) is 6.20 Å². The quantitative estimate of drug-likeness (QED) is 0.826. The predicted octanol–water partition coefficient (Wildman–Crippen LogP) is 1.60. The van der Waals surface area contributed by atoms with Gasteiger partial charge in [-0.05, 0) is 13.5 Å². The Kier molecular flexibility index (Phi) is 3.08. The Bertz CT molecular complexity index is 408. The standard InChI is InChI=1S/C9H13N5S/c1-3-10-6(2)8-5-11-9(15-8)7-4-12-14-13-7/h4-6,10H,3H2,1-2H3,(H,12,13,14). The third kappa shape index (κ3) is 2.21. The first kappa shape index (κ1) is 10.3. The number of aromatic amines is 1. The van der Waals surface area contributed by atoms with Crippen LogP contribution < -0.4 is 5.32 Å². The third-order valence-electron chi connectivity index (χ3n) is 2.09. The number of hydrogen-bond donors (Lipinski definition) is 2. The second-order valence-corrected chi connectivity index (χ2v) is 4.26. The van der Waals surface area contributed by atoms with E-state index in [-0.39, 0.29) is 0 Å². The van der Waals surface area contributed by atoms with E-state index in [9.17, 15) is 0 Å². The van der Waals surface area contributed by atoms with Crippen LogP contribution in [0.3, 0.4) is 0 Å². The number of thiazole rings is 1. The Morgan fingerprint density at radius 1 is 1.53 bits per heavy atom. The van der Waals surface area contributed by atoms with Crippen LogP contribution in [0.4, 0.5) is 0 Å². The minimum Gasteiger partial charge on any atom is -0.310 e. The lowest BCUT2D eigenvalue weighted by atomic mass is 10.3. The zero-order valence-electron chi connectivity index (χ0n) is 8.69. The van der Waals surface area contributed by atoms with Gasteiger partial charge < -0.3 is 5.32 Å². The van der Waals surface area contributed by atoms with Crippen LogP contribution in [0.15, 0.2) is 12.4 Å². The molecule has 2 aromatic heterocycles. The normalized spacial score (nSPS) is 12.9. The molecule has 6 heteroatoms. The van der Waals surface area contributed by atoms with Crippen molar-refractivity contribution in [3.05, 3.63) is 17.3 Å². The number of nitrogens with one attached hydrogen (secondary N) is 2. The highest BCUT2D eigenvalue weighted by Crippen LogP contribution is 2.26. The van der Waals surface area contributed by atoms with E-state index in [2.05, 4.69) is 39.6 Å². The van der Waals surface area contributed by atoms with E-state index < -0.39 is 0 Å². The maximum absolute atomic E-state index is 4.32. The first-order chi connectivity index (χ1) is 7.31. The summed E-state index contributed by atoms with van der Waals surface area (Å²) in [5.41, 5.74) is 0.801. The first-order valence-corrected chi connectivity index (χ1v) is 5.68. The highest BCUT2D eigenvalue weighted by atomic mass is 32.1. The Morgan fingerprint density at radius 2 is 2.40 bits per heavy atom. The van der Waals surface area contributed by atoms with Crippen LogP contribution in [0.2, 0.25) is 0 Å². The van der Waals surface area contributed by atoms with E-state index in [1.165, 1.54) is 4.88 Å². The van der Waals surface area contributed by atoms with Gasteiger partial charge in [0, 0.05) is 17.1 Å². The van der Waals surface area contributed by atoms with Crippen molar-refractivity contribution < 1.29 is 0 Å². The summed E-state index contributed by atoms with van der Waals surface area (Å²) in [7, 11) is 0. The highest BCUT2D eigenvalue weighted by Gasteiger charge is 2.11. The molecule has 0 aliphatic heterocycles. The molecule has 0 radical (unpaired) electrons. The van der Waals surface area contributed by atoms with E-state index in [4.69, 9.17) is 0 Å². The molecule has 2 rings (SSSR count). The van der Waals surface area contributed by atoms with Gasteiger partial charge >= 0.3 is 0 Å². The monoisotopic (exact) mass is 223 g/mol. The summed E-state index contributed by atoms with van der Waals surface area (Å²) in [6.07, 6.45) is 3.57. The molecular weight excluding hydrogens is 210 g/mol. The molecule has 2 aromatic rings. The predicted molar refractivity (Wildman–Crippen MR) is 59.6 cm³/mol. The van der Waals surface area contributed by atoms with Crippen LogP contribution >= 0.6 is 11.3 Å². The fraction of sp³-hybridized carbons (Fsp3) is 0.444. The summed E-state index contributed by atoms with van der Waals surface area (Å²) in [6, 6.07) is 0.341. The molecule has 2 N–H and O–H groups in total. The zero-order chi connectivity index (χ0) is 10.7. The molecule has 0 fully saturated rings. The van der Waals surface area contributed by atoms with E-state index in [0.29, 0.717) is 6.04 Å². The molecule has 5 nitrogen and oxygen atoms in total. The number of H-pyrrole nitrogens is 1. The van der Waals surface area contributed by atoms with Gasteiger partial charge in [-0.1, -0.05) is 6.92 Å². The minimum absolute atomic E-state index is 0.341. The average Bonchev–Trinajstić information content (AvgIpc) is 2.89. The molecule has 0 saturated heterocycles. The van der Waals surface area contributed by atoms with Gasteiger partial charge in [0.05, 0.1) is 6.20 Å². The third-order valence-corrected chi connectivity index (χ3v) is 3.30. The summed E-state index contributed by atoms with van der Waals surface area (Å²) in [5, 5.41) is 14.6. The van der Waals surface area contributed by atoms with Gasteiger partial charge in [-0.15, -0.1) is 11.3 Å².